The van der Waals surface area contributed by atoms with Crippen molar-refractivity contribution in [2.75, 3.05) is 18.5 Å². The molecule has 19 heavy (non-hydrogen) atoms. The molecule has 2 N–H and O–H groups in total. The van der Waals surface area contributed by atoms with E-state index in [0.717, 1.165) is 0 Å². The zero-order chi connectivity index (χ0) is 14.5. The fourth-order valence-corrected chi connectivity index (χ4v) is 1.63. The smallest absolute Gasteiger partial charge is 0.287 e. The number of nitro benzene ring substituents is 1. The Morgan fingerprint density at radius 3 is 2.74 bits per heavy atom. The van der Waals surface area contributed by atoms with Crippen molar-refractivity contribution in [3.05, 3.63) is 33.9 Å². The average Bonchev–Trinajstić information content (AvgIpc) is 2.35. The molecule has 0 aliphatic rings. The number of aliphatic hydroxyl groups is 1. The van der Waals surface area contributed by atoms with Crippen LogP contribution in [0, 0.1) is 26.9 Å². The van der Waals surface area contributed by atoms with Crippen molar-refractivity contribution in [1.29, 1.82) is 5.26 Å². The minimum absolute atomic E-state index is 0.0370. The summed E-state index contributed by atoms with van der Waals surface area (Å²) in [7, 11) is 0. The van der Waals surface area contributed by atoms with Crippen molar-refractivity contribution in [3.63, 3.8) is 0 Å². The topological polar surface area (TPSA) is 99.2 Å². The molecule has 6 nitrogen and oxygen atoms in total. The van der Waals surface area contributed by atoms with Crippen LogP contribution < -0.4 is 5.32 Å². The van der Waals surface area contributed by atoms with Gasteiger partial charge in [-0.25, -0.2) is 0 Å². The molecule has 102 valence electrons. The molecule has 1 aromatic carbocycles. The highest BCUT2D eigenvalue weighted by Crippen LogP contribution is 2.24. The molecule has 0 radical (unpaired) electrons. The van der Waals surface area contributed by atoms with Crippen LogP contribution in [-0.2, 0) is 0 Å². The third-order valence-electron chi connectivity index (χ3n) is 2.87. The third-order valence-corrected chi connectivity index (χ3v) is 2.87. The van der Waals surface area contributed by atoms with Gasteiger partial charge in [-0.2, -0.15) is 5.26 Å². The van der Waals surface area contributed by atoms with E-state index >= 15 is 0 Å². The van der Waals surface area contributed by atoms with Crippen molar-refractivity contribution in [2.24, 2.45) is 5.41 Å². The Hall–Kier alpha value is -2.13. The predicted octanol–water partition coefficient (Wildman–Crippen LogP) is 2.29. The minimum atomic E-state index is -0.571. The molecule has 0 spiro atoms. The quantitative estimate of drug-likeness (QED) is 0.606. The fraction of sp³-hybridized carbons (Fsp3) is 0.462. The van der Waals surface area contributed by atoms with Gasteiger partial charge in [0, 0.05) is 24.9 Å². The molecule has 1 rings (SSSR count). The standard InChI is InChI=1S/C13H17N3O3/c1-13(2,5-6-17)9-15-11-3-4-12(16(18)19)10(7-11)8-14/h3-4,7,15,17H,5-6,9H2,1-2H3. The van der Waals surface area contributed by atoms with Gasteiger partial charge >= 0.3 is 0 Å². The van der Waals surface area contributed by atoms with E-state index in [0.29, 0.717) is 18.7 Å². The van der Waals surface area contributed by atoms with Crippen molar-refractivity contribution < 1.29 is 10.0 Å². The lowest BCUT2D eigenvalue weighted by Gasteiger charge is -2.24. The number of hydrogen-bond donors (Lipinski definition) is 2. The summed E-state index contributed by atoms with van der Waals surface area (Å²) in [5.74, 6) is 0. The van der Waals surface area contributed by atoms with Crippen LogP contribution in [0.4, 0.5) is 11.4 Å². The zero-order valence-electron chi connectivity index (χ0n) is 11.0. The minimum Gasteiger partial charge on any atom is -0.396 e. The number of nitro groups is 1. The van der Waals surface area contributed by atoms with Gasteiger partial charge in [0.05, 0.1) is 4.92 Å². The Labute approximate surface area is 111 Å². The molecule has 1 aromatic rings. The summed E-state index contributed by atoms with van der Waals surface area (Å²) in [5.41, 5.74) is 0.411. The van der Waals surface area contributed by atoms with Gasteiger partial charge in [-0.05, 0) is 24.0 Å². The van der Waals surface area contributed by atoms with Crippen LogP contribution in [0.5, 0.6) is 0 Å². The van der Waals surface area contributed by atoms with E-state index in [1.165, 1.54) is 12.1 Å². The van der Waals surface area contributed by atoms with Gasteiger partial charge in [0.25, 0.3) is 5.69 Å². The maximum absolute atomic E-state index is 10.7. The summed E-state index contributed by atoms with van der Waals surface area (Å²) >= 11 is 0. The Morgan fingerprint density at radius 1 is 1.53 bits per heavy atom. The van der Waals surface area contributed by atoms with Gasteiger partial charge in [-0.3, -0.25) is 10.1 Å². The van der Waals surface area contributed by atoms with E-state index in [-0.39, 0.29) is 23.3 Å². The number of aliphatic hydroxyl groups excluding tert-OH is 1. The molecule has 0 saturated carbocycles. The number of benzene rings is 1. The molecule has 0 aliphatic heterocycles. The van der Waals surface area contributed by atoms with Crippen LogP contribution in [-0.4, -0.2) is 23.2 Å². The molecule has 0 aliphatic carbocycles. The second-order valence-corrected chi connectivity index (χ2v) is 5.09. The Balaban J connectivity index is 2.82. The molecule has 0 unspecified atom stereocenters. The second kappa shape index (κ2) is 6.16. The van der Waals surface area contributed by atoms with Gasteiger partial charge < -0.3 is 10.4 Å². The number of hydrogen-bond acceptors (Lipinski definition) is 5. The van der Waals surface area contributed by atoms with Gasteiger partial charge in [0.2, 0.25) is 0 Å². The highest BCUT2D eigenvalue weighted by Gasteiger charge is 2.18. The first-order valence-electron chi connectivity index (χ1n) is 5.93. The molecule has 0 heterocycles. The third kappa shape index (κ3) is 4.23. The van der Waals surface area contributed by atoms with Gasteiger partial charge in [0.15, 0.2) is 0 Å². The number of nitrogens with zero attached hydrogens (tertiary/aromatic N) is 2. The first kappa shape index (κ1) is 14.9. The van der Waals surface area contributed by atoms with Crippen LogP contribution in [0.15, 0.2) is 18.2 Å². The lowest BCUT2D eigenvalue weighted by molar-refractivity contribution is -0.385. The van der Waals surface area contributed by atoms with Gasteiger partial charge in [0.1, 0.15) is 11.6 Å². The monoisotopic (exact) mass is 263 g/mol. The highest BCUT2D eigenvalue weighted by atomic mass is 16.6. The number of anilines is 1. The summed E-state index contributed by atoms with van der Waals surface area (Å²) in [6, 6.07) is 6.18. The Bertz CT molecular complexity index is 506. The Kier molecular flexibility index (Phi) is 4.84. The van der Waals surface area contributed by atoms with E-state index < -0.39 is 4.92 Å². The number of nitrogens with one attached hydrogen (secondary N) is 1. The first-order chi connectivity index (χ1) is 8.89. The zero-order valence-corrected chi connectivity index (χ0v) is 11.0. The van der Waals surface area contributed by atoms with Crippen LogP contribution in [0.25, 0.3) is 0 Å². The lowest BCUT2D eigenvalue weighted by atomic mass is 9.89. The highest BCUT2D eigenvalue weighted by molar-refractivity contribution is 5.58. The van der Waals surface area contributed by atoms with Crippen LogP contribution in [0.3, 0.4) is 0 Å². The SMILES string of the molecule is CC(C)(CCO)CNc1ccc([N+](=O)[O-])c(C#N)c1. The molecule has 0 saturated heterocycles. The molecule has 0 aromatic heterocycles. The van der Waals surface area contributed by atoms with E-state index in [4.69, 9.17) is 10.4 Å². The molecule has 0 amide bonds. The van der Waals surface area contributed by atoms with Crippen LogP contribution >= 0.6 is 0 Å². The second-order valence-electron chi connectivity index (χ2n) is 5.09. The molecule has 0 fully saturated rings. The molecule has 0 bridgehead atoms. The normalized spacial score (nSPS) is 10.8. The number of rotatable bonds is 6. The summed E-state index contributed by atoms with van der Waals surface area (Å²) in [4.78, 5) is 10.1. The van der Waals surface area contributed by atoms with Crippen LogP contribution in [0.2, 0.25) is 0 Å². The van der Waals surface area contributed by atoms with Crippen molar-refractivity contribution in [1.82, 2.24) is 0 Å². The van der Waals surface area contributed by atoms with Gasteiger partial charge in [-0.15, -0.1) is 0 Å². The van der Waals surface area contributed by atoms with Crippen molar-refractivity contribution in [3.8, 4) is 6.07 Å². The van der Waals surface area contributed by atoms with E-state index in [1.54, 1.807) is 6.07 Å². The summed E-state index contributed by atoms with van der Waals surface area (Å²) in [5, 5.41) is 31.6. The summed E-state index contributed by atoms with van der Waals surface area (Å²) in [6.07, 6.45) is 0.651. The molecular weight excluding hydrogens is 246 g/mol. The average molecular weight is 263 g/mol. The number of nitriles is 1. The fourth-order valence-electron chi connectivity index (χ4n) is 1.63. The molecular formula is C13H17N3O3. The summed E-state index contributed by atoms with van der Waals surface area (Å²) in [6.45, 7) is 4.73. The Morgan fingerprint density at radius 2 is 2.21 bits per heavy atom. The summed E-state index contributed by atoms with van der Waals surface area (Å²) < 4.78 is 0. The van der Waals surface area contributed by atoms with Crippen molar-refractivity contribution >= 4 is 11.4 Å². The predicted molar refractivity (Wildman–Crippen MR) is 71.8 cm³/mol. The molecule has 6 heteroatoms. The first-order valence-corrected chi connectivity index (χ1v) is 5.93. The van der Waals surface area contributed by atoms with E-state index in [2.05, 4.69) is 5.32 Å². The van der Waals surface area contributed by atoms with E-state index in [9.17, 15) is 10.1 Å². The lowest BCUT2D eigenvalue weighted by Crippen LogP contribution is -2.24. The largest absolute Gasteiger partial charge is 0.396 e. The maximum atomic E-state index is 10.7. The van der Waals surface area contributed by atoms with E-state index in [1.807, 2.05) is 19.9 Å². The maximum Gasteiger partial charge on any atom is 0.287 e. The van der Waals surface area contributed by atoms with Crippen LogP contribution in [0.1, 0.15) is 25.8 Å². The molecule has 0 atom stereocenters. The van der Waals surface area contributed by atoms with Crippen molar-refractivity contribution in [2.45, 2.75) is 20.3 Å². The van der Waals surface area contributed by atoms with Gasteiger partial charge in [-0.1, -0.05) is 13.8 Å².